The SMILES string of the molecule is O=C(COc1c(Cl)cc(Cl)cc1[N+](=O)[O-])NCc1ccccc1. The standard InChI is InChI=1S/C15H12Cl2N2O4/c16-11-6-12(17)15(13(7-11)19(21)22)23-9-14(20)18-8-10-4-2-1-3-5-10/h1-7H,8-9H2,(H,18,20). The molecule has 0 aliphatic carbocycles. The van der Waals surface area contributed by atoms with Crippen LogP contribution in [0.4, 0.5) is 5.69 Å². The van der Waals surface area contributed by atoms with Crippen LogP contribution in [0.3, 0.4) is 0 Å². The molecule has 0 heterocycles. The molecule has 0 aromatic heterocycles. The van der Waals surface area contributed by atoms with E-state index in [2.05, 4.69) is 5.32 Å². The topological polar surface area (TPSA) is 81.5 Å². The summed E-state index contributed by atoms with van der Waals surface area (Å²) in [5, 5.41) is 13.7. The summed E-state index contributed by atoms with van der Waals surface area (Å²) in [6, 6.07) is 11.7. The van der Waals surface area contributed by atoms with Gasteiger partial charge in [-0.05, 0) is 11.6 Å². The molecular formula is C15H12Cl2N2O4. The van der Waals surface area contributed by atoms with Gasteiger partial charge in [0.25, 0.3) is 5.91 Å². The van der Waals surface area contributed by atoms with Crippen molar-refractivity contribution in [1.29, 1.82) is 0 Å². The highest BCUT2D eigenvalue weighted by molar-refractivity contribution is 6.36. The first kappa shape index (κ1) is 17.1. The van der Waals surface area contributed by atoms with Crippen molar-refractivity contribution in [3.05, 3.63) is 68.2 Å². The first-order valence-corrected chi connectivity index (χ1v) is 7.30. The van der Waals surface area contributed by atoms with Crippen LogP contribution in [0.1, 0.15) is 5.56 Å². The van der Waals surface area contributed by atoms with E-state index in [1.807, 2.05) is 30.3 Å². The number of halogens is 2. The molecule has 23 heavy (non-hydrogen) atoms. The maximum Gasteiger partial charge on any atom is 0.314 e. The van der Waals surface area contributed by atoms with Crippen molar-refractivity contribution < 1.29 is 14.5 Å². The minimum Gasteiger partial charge on any atom is -0.476 e. The molecule has 0 aliphatic heterocycles. The first-order chi connectivity index (χ1) is 11.0. The normalized spacial score (nSPS) is 10.2. The van der Waals surface area contributed by atoms with Gasteiger partial charge in [0.2, 0.25) is 5.75 Å². The van der Waals surface area contributed by atoms with Crippen molar-refractivity contribution in [2.45, 2.75) is 6.54 Å². The van der Waals surface area contributed by atoms with E-state index >= 15 is 0 Å². The van der Waals surface area contributed by atoms with Gasteiger partial charge in [-0.2, -0.15) is 0 Å². The summed E-state index contributed by atoms with van der Waals surface area (Å²) in [4.78, 5) is 22.1. The fourth-order valence-corrected chi connectivity index (χ4v) is 2.35. The predicted molar refractivity (Wildman–Crippen MR) is 86.9 cm³/mol. The average Bonchev–Trinajstić information content (AvgIpc) is 2.52. The second kappa shape index (κ2) is 7.80. The first-order valence-electron chi connectivity index (χ1n) is 6.54. The lowest BCUT2D eigenvalue weighted by atomic mass is 10.2. The molecule has 0 bridgehead atoms. The molecule has 2 aromatic rings. The van der Waals surface area contributed by atoms with Crippen LogP contribution in [0.5, 0.6) is 5.75 Å². The zero-order chi connectivity index (χ0) is 16.8. The molecule has 6 nitrogen and oxygen atoms in total. The molecular weight excluding hydrogens is 343 g/mol. The Labute approximate surface area is 142 Å². The van der Waals surface area contributed by atoms with Gasteiger partial charge >= 0.3 is 5.69 Å². The fourth-order valence-electron chi connectivity index (χ4n) is 1.81. The average molecular weight is 355 g/mol. The zero-order valence-corrected chi connectivity index (χ0v) is 13.3. The van der Waals surface area contributed by atoms with E-state index in [1.165, 1.54) is 6.07 Å². The number of nitrogens with zero attached hydrogens (tertiary/aromatic N) is 1. The lowest BCUT2D eigenvalue weighted by Gasteiger charge is -2.09. The quantitative estimate of drug-likeness (QED) is 0.634. The number of nitrogens with one attached hydrogen (secondary N) is 1. The third kappa shape index (κ3) is 4.84. The minimum absolute atomic E-state index is 0.0277. The van der Waals surface area contributed by atoms with Crippen LogP contribution < -0.4 is 10.1 Å². The number of benzene rings is 2. The highest BCUT2D eigenvalue weighted by Crippen LogP contribution is 2.37. The molecule has 0 saturated heterocycles. The van der Waals surface area contributed by atoms with Gasteiger partial charge in [-0.3, -0.25) is 14.9 Å². The van der Waals surface area contributed by atoms with Gasteiger partial charge in [0, 0.05) is 17.6 Å². The Hall–Kier alpha value is -2.31. The Morgan fingerprint density at radius 3 is 2.57 bits per heavy atom. The van der Waals surface area contributed by atoms with E-state index in [1.54, 1.807) is 0 Å². The van der Waals surface area contributed by atoms with Crippen LogP contribution in [0.25, 0.3) is 0 Å². The van der Waals surface area contributed by atoms with E-state index in [9.17, 15) is 14.9 Å². The summed E-state index contributed by atoms with van der Waals surface area (Å²) in [5.41, 5.74) is 0.537. The lowest BCUT2D eigenvalue weighted by molar-refractivity contribution is -0.385. The minimum atomic E-state index is -0.672. The van der Waals surface area contributed by atoms with Crippen LogP contribution in [-0.4, -0.2) is 17.4 Å². The zero-order valence-electron chi connectivity index (χ0n) is 11.8. The number of nitro groups is 1. The van der Waals surface area contributed by atoms with E-state index < -0.39 is 23.1 Å². The molecule has 0 atom stereocenters. The molecule has 0 fully saturated rings. The number of carbonyl (C=O) groups excluding carboxylic acids is 1. The molecule has 2 aromatic carbocycles. The molecule has 0 unspecified atom stereocenters. The second-order valence-corrected chi connectivity index (χ2v) is 5.39. The van der Waals surface area contributed by atoms with Crippen molar-refractivity contribution in [3.8, 4) is 5.75 Å². The fraction of sp³-hybridized carbons (Fsp3) is 0.133. The molecule has 0 spiro atoms. The lowest BCUT2D eigenvalue weighted by Crippen LogP contribution is -2.28. The second-order valence-electron chi connectivity index (χ2n) is 4.54. The Balaban J connectivity index is 1.98. The van der Waals surface area contributed by atoms with Crippen molar-refractivity contribution in [2.75, 3.05) is 6.61 Å². The predicted octanol–water partition coefficient (Wildman–Crippen LogP) is 3.60. The van der Waals surface area contributed by atoms with E-state index in [4.69, 9.17) is 27.9 Å². The van der Waals surface area contributed by atoms with Crippen LogP contribution in [0.2, 0.25) is 10.0 Å². The summed E-state index contributed by atoms with van der Waals surface area (Å²) in [7, 11) is 0. The highest BCUT2D eigenvalue weighted by Gasteiger charge is 2.21. The molecule has 120 valence electrons. The van der Waals surface area contributed by atoms with Crippen molar-refractivity contribution >= 4 is 34.8 Å². The largest absolute Gasteiger partial charge is 0.476 e. The Kier molecular flexibility index (Phi) is 5.78. The van der Waals surface area contributed by atoms with Crippen molar-refractivity contribution in [1.82, 2.24) is 5.32 Å². The maximum absolute atomic E-state index is 11.8. The molecule has 0 radical (unpaired) electrons. The van der Waals surface area contributed by atoms with Gasteiger partial charge in [0.05, 0.1) is 9.95 Å². The number of hydrogen-bond donors (Lipinski definition) is 1. The number of carbonyl (C=O) groups is 1. The van der Waals surface area contributed by atoms with E-state index in [0.29, 0.717) is 6.54 Å². The number of hydrogen-bond acceptors (Lipinski definition) is 4. The molecule has 0 aliphatic rings. The van der Waals surface area contributed by atoms with Gasteiger partial charge in [-0.25, -0.2) is 0 Å². The summed E-state index contributed by atoms with van der Waals surface area (Å²) in [5.74, 6) is -0.606. The van der Waals surface area contributed by atoms with Gasteiger partial charge in [0.15, 0.2) is 6.61 Å². The Morgan fingerprint density at radius 2 is 1.91 bits per heavy atom. The van der Waals surface area contributed by atoms with Crippen LogP contribution in [-0.2, 0) is 11.3 Å². The summed E-state index contributed by atoms with van der Waals surface area (Å²) < 4.78 is 5.19. The van der Waals surface area contributed by atoms with Gasteiger partial charge in [-0.15, -0.1) is 0 Å². The Morgan fingerprint density at radius 1 is 1.22 bits per heavy atom. The summed E-state index contributed by atoms with van der Waals surface area (Å²) in [6.07, 6.45) is 0. The smallest absolute Gasteiger partial charge is 0.314 e. The van der Waals surface area contributed by atoms with Crippen LogP contribution in [0, 0.1) is 10.1 Å². The monoisotopic (exact) mass is 354 g/mol. The van der Waals surface area contributed by atoms with Gasteiger partial charge in [-0.1, -0.05) is 53.5 Å². The maximum atomic E-state index is 11.8. The highest BCUT2D eigenvalue weighted by atomic mass is 35.5. The molecule has 0 saturated carbocycles. The van der Waals surface area contributed by atoms with Crippen LogP contribution in [0.15, 0.2) is 42.5 Å². The number of rotatable bonds is 6. The van der Waals surface area contributed by atoms with Crippen molar-refractivity contribution in [2.24, 2.45) is 0 Å². The summed E-state index contributed by atoms with van der Waals surface area (Å²) in [6.45, 7) is -0.0610. The molecule has 1 N–H and O–H groups in total. The molecule has 2 rings (SSSR count). The molecule has 1 amide bonds. The van der Waals surface area contributed by atoms with Gasteiger partial charge in [0.1, 0.15) is 0 Å². The Bertz CT molecular complexity index is 723. The third-order valence-corrected chi connectivity index (χ3v) is 3.36. The van der Waals surface area contributed by atoms with Gasteiger partial charge < -0.3 is 10.1 Å². The number of nitro benzene ring substituents is 1. The van der Waals surface area contributed by atoms with E-state index in [0.717, 1.165) is 11.6 Å². The van der Waals surface area contributed by atoms with Crippen LogP contribution >= 0.6 is 23.2 Å². The van der Waals surface area contributed by atoms with Crippen molar-refractivity contribution in [3.63, 3.8) is 0 Å². The molecule has 8 heteroatoms. The van der Waals surface area contributed by atoms with E-state index in [-0.39, 0.29) is 15.8 Å². The third-order valence-electron chi connectivity index (χ3n) is 2.87. The summed E-state index contributed by atoms with van der Waals surface area (Å²) >= 11 is 11.6. The number of amides is 1. The number of ether oxygens (including phenoxy) is 1.